The van der Waals surface area contributed by atoms with Crippen LogP contribution in [0, 0.1) is 5.82 Å². The summed E-state index contributed by atoms with van der Waals surface area (Å²) in [6, 6.07) is 10.5. The minimum absolute atomic E-state index is 0.202. The van der Waals surface area contributed by atoms with Crippen molar-refractivity contribution in [3.63, 3.8) is 0 Å². The van der Waals surface area contributed by atoms with E-state index in [2.05, 4.69) is 12.2 Å². The van der Waals surface area contributed by atoms with Crippen LogP contribution in [0.2, 0.25) is 0 Å². The summed E-state index contributed by atoms with van der Waals surface area (Å²) in [7, 11) is 0. The van der Waals surface area contributed by atoms with Crippen LogP contribution in [-0.2, 0) is 12.3 Å². The lowest BCUT2D eigenvalue weighted by Gasteiger charge is -2.00. The van der Waals surface area contributed by atoms with E-state index in [0.29, 0.717) is 0 Å². The van der Waals surface area contributed by atoms with Crippen LogP contribution in [0.4, 0.5) is 4.39 Å². The van der Waals surface area contributed by atoms with Gasteiger partial charge in [0.2, 0.25) is 0 Å². The van der Waals surface area contributed by atoms with Gasteiger partial charge < -0.3 is 9.73 Å². The van der Waals surface area contributed by atoms with Crippen molar-refractivity contribution in [3.05, 3.63) is 53.7 Å². The van der Waals surface area contributed by atoms with Gasteiger partial charge in [-0.2, -0.15) is 0 Å². The summed E-state index contributed by atoms with van der Waals surface area (Å²) in [6.45, 7) is 3.73. The van der Waals surface area contributed by atoms with Crippen molar-refractivity contribution in [2.24, 2.45) is 0 Å². The average molecular weight is 265 g/mol. The molecule has 96 valence electrons. The number of hydrogen-bond acceptors (Lipinski definition) is 3. The van der Waals surface area contributed by atoms with E-state index in [-0.39, 0.29) is 5.82 Å². The molecule has 2 nitrogen and oxygen atoms in total. The van der Waals surface area contributed by atoms with E-state index in [4.69, 9.17) is 4.42 Å². The molecule has 0 bridgehead atoms. The molecule has 0 saturated carbocycles. The zero-order valence-corrected chi connectivity index (χ0v) is 11.1. The average Bonchev–Trinajstić information content (AvgIpc) is 2.82. The molecule has 2 aromatic rings. The Morgan fingerprint density at radius 1 is 1.22 bits per heavy atom. The number of nitrogens with one attached hydrogen (secondary N) is 1. The van der Waals surface area contributed by atoms with Crippen molar-refractivity contribution >= 4 is 11.8 Å². The zero-order chi connectivity index (χ0) is 12.8. The Kier molecular flexibility index (Phi) is 4.84. The Morgan fingerprint density at radius 2 is 2.06 bits per heavy atom. The molecule has 0 amide bonds. The standard InChI is InChI=1S/C14H16FNOS/c1-2-16-9-12-6-7-13(17-12)10-18-14-5-3-4-11(15)8-14/h3-8,16H,2,9-10H2,1H3. The molecule has 0 unspecified atom stereocenters. The summed E-state index contributed by atoms with van der Waals surface area (Å²) in [4.78, 5) is 0.916. The molecule has 0 spiro atoms. The van der Waals surface area contributed by atoms with Gasteiger partial charge in [0.25, 0.3) is 0 Å². The molecule has 2 rings (SSSR count). The molecule has 0 aliphatic carbocycles. The SMILES string of the molecule is CCNCc1ccc(CSc2cccc(F)c2)o1. The topological polar surface area (TPSA) is 25.2 Å². The van der Waals surface area contributed by atoms with Gasteiger partial charge in [-0.05, 0) is 36.9 Å². The maximum absolute atomic E-state index is 13.0. The molecule has 1 heterocycles. The fourth-order valence-electron chi connectivity index (χ4n) is 1.55. The normalized spacial score (nSPS) is 10.8. The fraction of sp³-hybridized carbons (Fsp3) is 0.286. The Balaban J connectivity index is 1.88. The van der Waals surface area contributed by atoms with Crippen molar-refractivity contribution < 1.29 is 8.81 Å². The van der Waals surface area contributed by atoms with Crippen molar-refractivity contribution in [3.8, 4) is 0 Å². The third-order valence-electron chi connectivity index (χ3n) is 2.44. The van der Waals surface area contributed by atoms with Gasteiger partial charge in [0, 0.05) is 4.90 Å². The Hall–Kier alpha value is -1.26. The van der Waals surface area contributed by atoms with Gasteiger partial charge in [-0.1, -0.05) is 13.0 Å². The highest BCUT2D eigenvalue weighted by Gasteiger charge is 2.03. The first-order valence-corrected chi connectivity index (χ1v) is 6.93. The van der Waals surface area contributed by atoms with Crippen molar-refractivity contribution in [1.82, 2.24) is 5.32 Å². The molecule has 1 aromatic carbocycles. The molecule has 0 saturated heterocycles. The first-order valence-electron chi connectivity index (χ1n) is 5.94. The lowest BCUT2D eigenvalue weighted by Crippen LogP contribution is -2.10. The van der Waals surface area contributed by atoms with Crippen LogP contribution in [0.3, 0.4) is 0 Å². The minimum atomic E-state index is -0.202. The summed E-state index contributed by atoms with van der Waals surface area (Å²) in [5.74, 6) is 2.37. The summed E-state index contributed by atoms with van der Waals surface area (Å²) in [5, 5.41) is 3.21. The second-order valence-corrected chi connectivity index (χ2v) is 4.94. The highest BCUT2D eigenvalue weighted by atomic mass is 32.2. The van der Waals surface area contributed by atoms with Gasteiger partial charge in [-0.25, -0.2) is 4.39 Å². The summed E-state index contributed by atoms with van der Waals surface area (Å²) in [5.41, 5.74) is 0. The van der Waals surface area contributed by atoms with E-state index in [1.165, 1.54) is 12.1 Å². The highest BCUT2D eigenvalue weighted by Crippen LogP contribution is 2.24. The lowest BCUT2D eigenvalue weighted by atomic mass is 10.4. The summed E-state index contributed by atoms with van der Waals surface area (Å²) >= 11 is 1.57. The van der Waals surface area contributed by atoms with E-state index < -0.39 is 0 Å². The third-order valence-corrected chi connectivity index (χ3v) is 3.46. The number of rotatable bonds is 6. The number of furan rings is 1. The number of thioether (sulfide) groups is 1. The number of halogens is 1. The largest absolute Gasteiger partial charge is 0.464 e. The van der Waals surface area contributed by atoms with E-state index in [9.17, 15) is 4.39 Å². The molecule has 18 heavy (non-hydrogen) atoms. The van der Waals surface area contributed by atoms with E-state index in [1.807, 2.05) is 18.2 Å². The lowest BCUT2D eigenvalue weighted by molar-refractivity contribution is 0.463. The Labute approximate surface area is 111 Å². The molecule has 0 atom stereocenters. The maximum Gasteiger partial charge on any atom is 0.124 e. The maximum atomic E-state index is 13.0. The summed E-state index contributed by atoms with van der Waals surface area (Å²) < 4.78 is 18.7. The van der Waals surface area contributed by atoms with Crippen LogP contribution in [0.5, 0.6) is 0 Å². The molecule has 1 N–H and O–H groups in total. The minimum Gasteiger partial charge on any atom is -0.464 e. The molecular formula is C14H16FNOS. The van der Waals surface area contributed by atoms with Crippen LogP contribution < -0.4 is 5.32 Å². The van der Waals surface area contributed by atoms with Crippen LogP contribution in [0.15, 0.2) is 45.7 Å². The van der Waals surface area contributed by atoms with Gasteiger partial charge in [0.15, 0.2) is 0 Å². The van der Waals surface area contributed by atoms with Gasteiger partial charge in [-0.15, -0.1) is 11.8 Å². The first-order chi connectivity index (χ1) is 8.78. The van der Waals surface area contributed by atoms with Gasteiger partial charge in [-0.3, -0.25) is 0 Å². The first kappa shape index (κ1) is 13.2. The second-order valence-electron chi connectivity index (χ2n) is 3.89. The van der Waals surface area contributed by atoms with Crippen LogP contribution in [-0.4, -0.2) is 6.54 Å². The van der Waals surface area contributed by atoms with Crippen molar-refractivity contribution in [1.29, 1.82) is 0 Å². The predicted octanol–water partition coefficient (Wildman–Crippen LogP) is 3.82. The van der Waals surface area contributed by atoms with Crippen LogP contribution in [0.1, 0.15) is 18.4 Å². The molecule has 4 heteroatoms. The van der Waals surface area contributed by atoms with Gasteiger partial charge in [0.05, 0.1) is 12.3 Å². The molecular weight excluding hydrogens is 249 g/mol. The van der Waals surface area contributed by atoms with Gasteiger partial charge >= 0.3 is 0 Å². The third kappa shape index (κ3) is 3.89. The van der Waals surface area contributed by atoms with Crippen LogP contribution in [0.25, 0.3) is 0 Å². The number of hydrogen-bond donors (Lipinski definition) is 1. The smallest absolute Gasteiger partial charge is 0.124 e. The molecule has 1 aromatic heterocycles. The van der Waals surface area contributed by atoms with Crippen LogP contribution >= 0.6 is 11.8 Å². The van der Waals surface area contributed by atoms with Gasteiger partial charge in [0.1, 0.15) is 17.3 Å². The summed E-state index contributed by atoms with van der Waals surface area (Å²) in [6.07, 6.45) is 0. The number of benzene rings is 1. The molecule has 0 aliphatic rings. The Morgan fingerprint density at radius 3 is 2.83 bits per heavy atom. The monoisotopic (exact) mass is 265 g/mol. The highest BCUT2D eigenvalue weighted by molar-refractivity contribution is 7.98. The molecule has 0 aliphatic heterocycles. The molecule has 0 fully saturated rings. The predicted molar refractivity (Wildman–Crippen MR) is 72.0 cm³/mol. The fourth-order valence-corrected chi connectivity index (χ4v) is 2.39. The quantitative estimate of drug-likeness (QED) is 0.804. The van der Waals surface area contributed by atoms with E-state index in [1.54, 1.807) is 17.8 Å². The van der Waals surface area contributed by atoms with Crippen molar-refractivity contribution in [2.45, 2.75) is 24.1 Å². The second kappa shape index (κ2) is 6.61. The Bertz CT molecular complexity index is 498. The van der Waals surface area contributed by atoms with E-state index in [0.717, 1.165) is 35.3 Å². The zero-order valence-electron chi connectivity index (χ0n) is 10.3. The van der Waals surface area contributed by atoms with E-state index >= 15 is 0 Å². The molecule has 0 radical (unpaired) electrons. The van der Waals surface area contributed by atoms with Crippen molar-refractivity contribution in [2.75, 3.05) is 6.54 Å².